The molecular formula is C4H6N4O2. The van der Waals surface area contributed by atoms with Gasteiger partial charge < -0.3 is 10.9 Å². The predicted molar refractivity (Wildman–Crippen MR) is 37.0 cm³/mol. The number of hydrogen-bond acceptors (Lipinski definition) is 6. The molecule has 10 heavy (non-hydrogen) atoms. The third kappa shape index (κ3) is 0.598. The van der Waals surface area contributed by atoms with Crippen molar-refractivity contribution in [2.75, 3.05) is 10.9 Å². The molecule has 1 rings (SSSR count). The summed E-state index contributed by atoms with van der Waals surface area (Å²) in [5.74, 6) is 9.75. The van der Waals surface area contributed by atoms with Crippen LogP contribution < -0.4 is 33.4 Å². The van der Waals surface area contributed by atoms with Crippen LogP contribution in [0.3, 0.4) is 0 Å². The summed E-state index contributed by atoms with van der Waals surface area (Å²) in [7, 11) is 0. The minimum absolute atomic E-state index is 0.0347. The smallest absolute Gasteiger partial charge is 0.254 e. The first kappa shape index (κ1) is 6.72. The SMILES string of the molecule is NNc1c(NN)c(=O)c1=O. The lowest BCUT2D eigenvalue weighted by molar-refractivity contribution is 1.22. The topological polar surface area (TPSA) is 110 Å². The van der Waals surface area contributed by atoms with Crippen LogP contribution in [0.1, 0.15) is 0 Å². The zero-order valence-corrected chi connectivity index (χ0v) is 4.97. The van der Waals surface area contributed by atoms with E-state index in [1.54, 1.807) is 0 Å². The van der Waals surface area contributed by atoms with Crippen molar-refractivity contribution in [1.82, 2.24) is 0 Å². The van der Waals surface area contributed by atoms with E-state index in [2.05, 4.69) is 0 Å². The third-order valence-electron chi connectivity index (χ3n) is 1.20. The molecular weight excluding hydrogens is 136 g/mol. The molecule has 6 nitrogen and oxygen atoms in total. The van der Waals surface area contributed by atoms with E-state index in [9.17, 15) is 9.59 Å². The van der Waals surface area contributed by atoms with Crippen LogP contribution in [0.25, 0.3) is 0 Å². The van der Waals surface area contributed by atoms with E-state index in [0.717, 1.165) is 0 Å². The summed E-state index contributed by atoms with van der Waals surface area (Å²) in [6, 6.07) is 0. The summed E-state index contributed by atoms with van der Waals surface area (Å²) in [5, 5.41) is 0. The standard InChI is InChI=1S/C4H6N4O2/c5-7-1-2(8-6)4(10)3(1)9/h7-8H,5-6H2. The van der Waals surface area contributed by atoms with Crippen molar-refractivity contribution in [2.45, 2.75) is 0 Å². The van der Waals surface area contributed by atoms with E-state index in [0.29, 0.717) is 0 Å². The molecule has 0 bridgehead atoms. The fourth-order valence-electron chi connectivity index (χ4n) is 0.667. The number of rotatable bonds is 2. The molecule has 0 heterocycles. The molecule has 0 unspecified atom stereocenters. The predicted octanol–water partition coefficient (Wildman–Crippen LogP) is -2.15. The monoisotopic (exact) mass is 142 g/mol. The zero-order valence-electron chi connectivity index (χ0n) is 4.97. The van der Waals surface area contributed by atoms with Crippen molar-refractivity contribution in [2.24, 2.45) is 11.7 Å². The van der Waals surface area contributed by atoms with Crippen molar-refractivity contribution in [3.8, 4) is 0 Å². The molecule has 0 amide bonds. The van der Waals surface area contributed by atoms with Gasteiger partial charge in [-0.1, -0.05) is 0 Å². The average molecular weight is 142 g/mol. The Morgan fingerprint density at radius 3 is 1.40 bits per heavy atom. The van der Waals surface area contributed by atoms with Gasteiger partial charge in [-0.25, -0.2) is 0 Å². The molecule has 0 aliphatic rings. The Bertz CT molecular complexity index is 279. The molecule has 6 N–H and O–H groups in total. The quantitative estimate of drug-likeness (QED) is 0.213. The first-order valence-corrected chi connectivity index (χ1v) is 2.49. The van der Waals surface area contributed by atoms with Gasteiger partial charge in [0.15, 0.2) is 0 Å². The van der Waals surface area contributed by atoms with E-state index >= 15 is 0 Å². The maximum absolute atomic E-state index is 10.5. The second-order valence-corrected chi connectivity index (χ2v) is 1.70. The lowest BCUT2D eigenvalue weighted by Gasteiger charge is -2.07. The highest BCUT2D eigenvalue weighted by molar-refractivity contribution is 5.72. The lowest BCUT2D eigenvalue weighted by atomic mass is 10.2. The van der Waals surface area contributed by atoms with Crippen LogP contribution in [0, 0.1) is 0 Å². The van der Waals surface area contributed by atoms with Crippen LogP contribution in [0.4, 0.5) is 11.4 Å². The highest BCUT2D eigenvalue weighted by Crippen LogP contribution is 2.09. The average Bonchev–Trinajstić information content (AvgIpc) is 1.97. The highest BCUT2D eigenvalue weighted by atomic mass is 16.2. The van der Waals surface area contributed by atoms with Gasteiger partial charge in [0.25, 0.3) is 10.9 Å². The van der Waals surface area contributed by atoms with Crippen LogP contribution in [0.2, 0.25) is 0 Å². The maximum Gasteiger partial charge on any atom is 0.254 e. The van der Waals surface area contributed by atoms with Crippen LogP contribution in [-0.4, -0.2) is 0 Å². The second kappa shape index (κ2) is 2.09. The summed E-state index contributed by atoms with van der Waals surface area (Å²) in [4.78, 5) is 21.0. The van der Waals surface area contributed by atoms with E-state index in [-0.39, 0.29) is 11.4 Å². The summed E-state index contributed by atoms with van der Waals surface area (Å²) in [5.41, 5.74) is 2.88. The van der Waals surface area contributed by atoms with Crippen LogP contribution >= 0.6 is 0 Å². The van der Waals surface area contributed by atoms with Gasteiger partial charge in [-0.05, 0) is 0 Å². The molecule has 0 aromatic heterocycles. The fraction of sp³-hybridized carbons (Fsp3) is 0. The van der Waals surface area contributed by atoms with Crippen molar-refractivity contribution in [3.63, 3.8) is 0 Å². The summed E-state index contributed by atoms with van der Waals surface area (Å²) in [6.45, 7) is 0. The molecule has 0 spiro atoms. The Hall–Kier alpha value is -1.40. The Kier molecular flexibility index (Phi) is 1.40. The molecule has 54 valence electrons. The van der Waals surface area contributed by atoms with Crippen molar-refractivity contribution in [1.29, 1.82) is 0 Å². The van der Waals surface area contributed by atoms with Gasteiger partial charge >= 0.3 is 0 Å². The van der Waals surface area contributed by atoms with E-state index in [4.69, 9.17) is 11.7 Å². The largest absolute Gasteiger partial charge is 0.319 e. The molecule has 0 atom stereocenters. The van der Waals surface area contributed by atoms with Gasteiger partial charge in [-0.15, -0.1) is 0 Å². The number of hydrogen-bond donors (Lipinski definition) is 4. The third-order valence-corrected chi connectivity index (χ3v) is 1.20. The van der Waals surface area contributed by atoms with E-state index < -0.39 is 10.9 Å². The molecule has 0 radical (unpaired) electrons. The Morgan fingerprint density at radius 1 is 0.900 bits per heavy atom. The van der Waals surface area contributed by atoms with Crippen molar-refractivity contribution >= 4 is 11.4 Å². The number of anilines is 2. The van der Waals surface area contributed by atoms with E-state index in [1.165, 1.54) is 0 Å². The normalized spacial score (nSPS) is 9.80. The van der Waals surface area contributed by atoms with Crippen molar-refractivity contribution in [3.05, 3.63) is 20.4 Å². The van der Waals surface area contributed by atoms with Crippen molar-refractivity contribution < 1.29 is 0 Å². The zero-order chi connectivity index (χ0) is 7.72. The summed E-state index contributed by atoms with van der Waals surface area (Å²) >= 11 is 0. The van der Waals surface area contributed by atoms with Gasteiger partial charge in [0.2, 0.25) is 0 Å². The molecule has 0 fully saturated rings. The minimum atomic E-state index is -0.643. The first-order valence-electron chi connectivity index (χ1n) is 2.49. The summed E-state index contributed by atoms with van der Waals surface area (Å²) in [6.07, 6.45) is 0. The number of hydrazine groups is 2. The number of nitrogen functional groups attached to an aromatic ring is 2. The minimum Gasteiger partial charge on any atom is -0.319 e. The number of nitrogens with two attached hydrogens (primary N) is 2. The number of nitrogens with one attached hydrogen (secondary N) is 2. The van der Waals surface area contributed by atoms with Gasteiger partial charge in [-0.3, -0.25) is 21.3 Å². The Labute approximate surface area is 55.5 Å². The Morgan fingerprint density at radius 2 is 1.20 bits per heavy atom. The lowest BCUT2D eigenvalue weighted by Crippen LogP contribution is -2.40. The molecule has 0 saturated heterocycles. The van der Waals surface area contributed by atoms with Crippen LogP contribution in [-0.2, 0) is 0 Å². The molecule has 6 heteroatoms. The van der Waals surface area contributed by atoms with E-state index in [1.807, 2.05) is 10.9 Å². The fourth-order valence-corrected chi connectivity index (χ4v) is 0.667. The van der Waals surface area contributed by atoms with Crippen LogP contribution in [0.5, 0.6) is 0 Å². The Balaban J connectivity index is 3.16. The van der Waals surface area contributed by atoms with Gasteiger partial charge in [0.1, 0.15) is 11.4 Å². The molecule has 0 aliphatic carbocycles. The van der Waals surface area contributed by atoms with Crippen LogP contribution in [0.15, 0.2) is 9.59 Å². The van der Waals surface area contributed by atoms with Gasteiger partial charge in [-0.2, -0.15) is 0 Å². The molecule has 0 aliphatic heterocycles. The highest BCUT2D eigenvalue weighted by Gasteiger charge is 2.18. The molecule has 1 aromatic carbocycles. The first-order chi connectivity index (χ1) is 4.72. The maximum atomic E-state index is 10.5. The molecule has 0 saturated carbocycles. The van der Waals surface area contributed by atoms with Gasteiger partial charge in [0.05, 0.1) is 0 Å². The summed E-state index contributed by atoms with van der Waals surface area (Å²) < 4.78 is 0. The second-order valence-electron chi connectivity index (χ2n) is 1.70. The van der Waals surface area contributed by atoms with Gasteiger partial charge in [0, 0.05) is 0 Å². The molecule has 1 aromatic rings.